The van der Waals surface area contributed by atoms with Gasteiger partial charge in [0.05, 0.1) is 6.61 Å². The van der Waals surface area contributed by atoms with Gasteiger partial charge < -0.3 is 4.74 Å². The molecule has 27 heavy (non-hydrogen) atoms. The van der Waals surface area contributed by atoms with Crippen molar-refractivity contribution in [2.45, 2.75) is 113 Å². The summed E-state index contributed by atoms with van der Waals surface area (Å²) in [6, 6.07) is 7.02. The fourth-order valence-corrected chi connectivity index (χ4v) is 4.80. The number of ether oxygens (including phenoxy) is 1. The van der Waals surface area contributed by atoms with Gasteiger partial charge in [0.2, 0.25) is 0 Å². The summed E-state index contributed by atoms with van der Waals surface area (Å²) in [6.45, 7) is 26.4. The third kappa shape index (κ3) is 7.88. The third-order valence-electron chi connectivity index (χ3n) is 5.19. The van der Waals surface area contributed by atoms with Gasteiger partial charge in [-0.25, -0.2) is 0 Å². The van der Waals surface area contributed by atoms with Crippen LogP contribution in [0.1, 0.15) is 113 Å². The molecule has 0 aromatic heterocycles. The molecule has 1 aromatic rings. The third-order valence-corrected chi connectivity index (χ3v) is 5.19. The van der Waals surface area contributed by atoms with Crippen LogP contribution in [0.4, 0.5) is 0 Å². The number of hydrogen-bond acceptors (Lipinski definition) is 1. The summed E-state index contributed by atoms with van der Waals surface area (Å²) in [6.07, 6.45) is 4.55. The molecule has 1 nitrogen and oxygen atoms in total. The van der Waals surface area contributed by atoms with Crippen LogP contribution in [0.15, 0.2) is 18.2 Å². The summed E-state index contributed by atoms with van der Waals surface area (Å²) in [4.78, 5) is 0. The molecule has 0 saturated carbocycles. The lowest BCUT2D eigenvalue weighted by molar-refractivity contribution is 0.261. The highest BCUT2D eigenvalue weighted by molar-refractivity contribution is 5.44. The van der Waals surface area contributed by atoms with Crippen LogP contribution in [-0.2, 0) is 10.8 Å². The molecule has 0 amide bonds. The highest BCUT2D eigenvalue weighted by Crippen LogP contribution is 2.43. The maximum atomic E-state index is 6.34. The highest BCUT2D eigenvalue weighted by Gasteiger charge is 2.32. The minimum absolute atomic E-state index is 0.0898. The van der Waals surface area contributed by atoms with E-state index in [0.29, 0.717) is 5.41 Å². The number of benzene rings is 1. The van der Waals surface area contributed by atoms with Gasteiger partial charge in [-0.15, -0.1) is 0 Å². The van der Waals surface area contributed by atoms with Crippen LogP contribution in [0.2, 0.25) is 0 Å². The number of hydrogen-bond donors (Lipinski definition) is 0. The summed E-state index contributed by atoms with van der Waals surface area (Å²) in [5, 5.41) is 0. The molecule has 0 radical (unpaired) electrons. The minimum atomic E-state index is 0.0898. The van der Waals surface area contributed by atoms with Crippen LogP contribution in [0.5, 0.6) is 5.75 Å². The van der Waals surface area contributed by atoms with Gasteiger partial charge in [0, 0.05) is 0 Å². The molecular formula is C26H46O. The molecule has 0 unspecified atom stereocenters. The SMILES string of the molecule is CCCCOc1cc(C(C)(C)CC(C)(C)C)ccc1C(C)(C)CC(C)(C)C. The summed E-state index contributed by atoms with van der Waals surface area (Å²) < 4.78 is 6.34. The quantitative estimate of drug-likeness (QED) is 0.416. The van der Waals surface area contributed by atoms with E-state index in [4.69, 9.17) is 4.74 Å². The van der Waals surface area contributed by atoms with Crippen LogP contribution in [0, 0.1) is 10.8 Å². The van der Waals surface area contributed by atoms with Gasteiger partial charge in [-0.1, -0.05) is 94.7 Å². The van der Waals surface area contributed by atoms with Crippen LogP contribution in [0.3, 0.4) is 0 Å². The lowest BCUT2D eigenvalue weighted by Gasteiger charge is -2.36. The molecule has 156 valence electrons. The zero-order valence-corrected chi connectivity index (χ0v) is 20.2. The molecule has 0 heterocycles. The normalized spacial score (nSPS) is 13.7. The topological polar surface area (TPSA) is 9.23 Å². The molecule has 0 saturated heterocycles. The molecule has 0 aliphatic heterocycles. The van der Waals surface area contributed by atoms with Crippen molar-refractivity contribution in [1.29, 1.82) is 0 Å². The zero-order chi connectivity index (χ0) is 21.1. The molecule has 1 rings (SSSR count). The van der Waals surface area contributed by atoms with Crippen molar-refractivity contribution in [3.05, 3.63) is 29.3 Å². The summed E-state index contributed by atoms with van der Waals surface area (Å²) in [5.74, 6) is 1.09. The van der Waals surface area contributed by atoms with E-state index in [-0.39, 0.29) is 16.2 Å². The van der Waals surface area contributed by atoms with Gasteiger partial charge in [0.15, 0.2) is 0 Å². The zero-order valence-electron chi connectivity index (χ0n) is 20.2. The first-order valence-electron chi connectivity index (χ1n) is 10.9. The molecule has 0 aliphatic carbocycles. The van der Waals surface area contributed by atoms with Crippen molar-refractivity contribution in [3.8, 4) is 5.75 Å². The Hall–Kier alpha value is -0.980. The predicted octanol–water partition coefficient (Wildman–Crippen LogP) is 8.29. The lowest BCUT2D eigenvalue weighted by Crippen LogP contribution is -2.27. The predicted molar refractivity (Wildman–Crippen MR) is 121 cm³/mol. The van der Waals surface area contributed by atoms with Crippen molar-refractivity contribution >= 4 is 0 Å². The Morgan fingerprint density at radius 3 is 1.74 bits per heavy atom. The van der Waals surface area contributed by atoms with Gasteiger partial charge in [-0.05, 0) is 58.1 Å². The Morgan fingerprint density at radius 1 is 0.741 bits per heavy atom. The van der Waals surface area contributed by atoms with Gasteiger partial charge in [0.25, 0.3) is 0 Å². The van der Waals surface area contributed by atoms with Crippen molar-refractivity contribution in [2.75, 3.05) is 6.61 Å². The first-order valence-corrected chi connectivity index (χ1v) is 10.9. The fourth-order valence-electron chi connectivity index (χ4n) is 4.80. The molecule has 0 atom stereocenters. The molecule has 0 bridgehead atoms. The molecule has 0 fully saturated rings. The number of rotatable bonds is 8. The largest absolute Gasteiger partial charge is 0.493 e. The van der Waals surface area contributed by atoms with E-state index in [0.717, 1.165) is 38.0 Å². The Kier molecular flexibility index (Phi) is 7.64. The smallest absolute Gasteiger partial charge is 0.123 e. The standard InChI is InChI=1S/C26H46O/c1-12-13-16-27-22-17-20(25(8,9)18-23(2,3)4)14-15-21(22)26(10,11)19-24(5,6)7/h14-15,17H,12-13,16,18-19H2,1-11H3. The van der Waals surface area contributed by atoms with E-state index in [1.54, 1.807) is 0 Å². The van der Waals surface area contributed by atoms with E-state index >= 15 is 0 Å². The Bertz CT molecular complexity index is 594. The fraction of sp³-hybridized carbons (Fsp3) is 0.769. The highest BCUT2D eigenvalue weighted by atomic mass is 16.5. The Balaban J connectivity index is 3.32. The summed E-state index contributed by atoms with van der Waals surface area (Å²) in [7, 11) is 0. The molecule has 1 heteroatoms. The molecule has 0 spiro atoms. The van der Waals surface area contributed by atoms with Crippen molar-refractivity contribution in [1.82, 2.24) is 0 Å². The summed E-state index contributed by atoms with van der Waals surface area (Å²) >= 11 is 0. The van der Waals surface area contributed by atoms with Crippen LogP contribution < -0.4 is 4.74 Å². The van der Waals surface area contributed by atoms with Gasteiger partial charge in [-0.3, -0.25) is 0 Å². The van der Waals surface area contributed by atoms with E-state index in [9.17, 15) is 0 Å². The second-order valence-electron chi connectivity index (χ2n) is 12.2. The lowest BCUT2D eigenvalue weighted by atomic mass is 9.69. The molecular weight excluding hydrogens is 328 g/mol. The van der Waals surface area contributed by atoms with E-state index in [1.165, 1.54) is 11.1 Å². The first kappa shape index (κ1) is 24.1. The van der Waals surface area contributed by atoms with Gasteiger partial charge in [0.1, 0.15) is 5.75 Å². The average Bonchev–Trinajstić information content (AvgIpc) is 2.42. The second-order valence-corrected chi connectivity index (χ2v) is 12.2. The van der Waals surface area contributed by atoms with Crippen LogP contribution in [0.25, 0.3) is 0 Å². The van der Waals surface area contributed by atoms with Crippen LogP contribution >= 0.6 is 0 Å². The van der Waals surface area contributed by atoms with Crippen molar-refractivity contribution < 1.29 is 4.74 Å². The van der Waals surface area contributed by atoms with Crippen LogP contribution in [-0.4, -0.2) is 6.61 Å². The second kappa shape index (κ2) is 8.58. The molecule has 0 aliphatic rings. The van der Waals surface area contributed by atoms with Crippen molar-refractivity contribution in [3.63, 3.8) is 0 Å². The molecule has 0 N–H and O–H groups in total. The Labute approximate surface area is 170 Å². The first-order chi connectivity index (χ1) is 12.1. The summed E-state index contributed by atoms with van der Waals surface area (Å²) in [5.41, 5.74) is 3.55. The van der Waals surface area contributed by atoms with Gasteiger partial charge >= 0.3 is 0 Å². The molecule has 1 aromatic carbocycles. The number of unbranched alkanes of at least 4 members (excludes halogenated alkanes) is 1. The monoisotopic (exact) mass is 374 g/mol. The maximum absolute atomic E-state index is 6.34. The minimum Gasteiger partial charge on any atom is -0.493 e. The average molecular weight is 375 g/mol. The van der Waals surface area contributed by atoms with E-state index in [1.807, 2.05) is 0 Å². The maximum Gasteiger partial charge on any atom is 0.123 e. The van der Waals surface area contributed by atoms with Crippen molar-refractivity contribution in [2.24, 2.45) is 10.8 Å². The van der Waals surface area contributed by atoms with E-state index < -0.39 is 0 Å². The van der Waals surface area contributed by atoms with E-state index in [2.05, 4.69) is 94.4 Å². The Morgan fingerprint density at radius 2 is 1.26 bits per heavy atom. The van der Waals surface area contributed by atoms with Gasteiger partial charge in [-0.2, -0.15) is 0 Å².